The Labute approximate surface area is 141 Å². The van der Waals surface area contributed by atoms with Crippen molar-refractivity contribution in [1.29, 1.82) is 0 Å². The minimum atomic E-state index is -0.955. The van der Waals surface area contributed by atoms with Crippen molar-refractivity contribution in [3.63, 3.8) is 0 Å². The monoisotopic (exact) mass is 329 g/mol. The maximum atomic E-state index is 10.1. The number of hydrogen-bond acceptors (Lipinski definition) is 3. The number of rotatable bonds is 4. The van der Waals surface area contributed by atoms with Gasteiger partial charge in [0.1, 0.15) is 11.2 Å². The lowest BCUT2D eigenvalue weighted by Gasteiger charge is -2.37. The highest BCUT2D eigenvalue weighted by Crippen LogP contribution is 2.30. The molecule has 119 valence electrons. The molecule has 1 heterocycles. The molecule has 0 aliphatic carbocycles. The Balaban J connectivity index is 1.90. The van der Waals surface area contributed by atoms with Gasteiger partial charge >= 0.3 is 7.48 Å². The van der Waals surface area contributed by atoms with Crippen LogP contribution >= 0.6 is 11.6 Å². The first kappa shape index (κ1) is 16.4. The maximum absolute atomic E-state index is 10.1. The van der Waals surface area contributed by atoms with Crippen LogP contribution < -0.4 is 5.46 Å². The van der Waals surface area contributed by atoms with E-state index in [4.69, 9.17) is 20.7 Å². The molecule has 2 aromatic carbocycles. The quantitative estimate of drug-likeness (QED) is 0.734. The number of fused-ring (bicyclic) bond motifs is 3. The Kier molecular flexibility index (Phi) is 3.95. The molecule has 3 aromatic rings. The zero-order chi connectivity index (χ0) is 16.8. The minimum Gasteiger partial charge on any atom is -0.456 e. The van der Waals surface area contributed by atoms with Gasteiger partial charge < -0.3 is 14.2 Å². The average Bonchev–Trinajstić information content (AvgIpc) is 2.81. The molecule has 0 aliphatic rings. The van der Waals surface area contributed by atoms with Gasteiger partial charge in [0.2, 0.25) is 0 Å². The second-order valence-electron chi connectivity index (χ2n) is 6.80. The van der Waals surface area contributed by atoms with Crippen LogP contribution in [0.25, 0.3) is 21.9 Å². The summed E-state index contributed by atoms with van der Waals surface area (Å²) in [6.07, 6.45) is 0. The molecule has 0 saturated carbocycles. The Morgan fingerprint density at radius 3 is 2.43 bits per heavy atom. The van der Waals surface area contributed by atoms with Crippen LogP contribution in [0.4, 0.5) is 0 Å². The van der Waals surface area contributed by atoms with Gasteiger partial charge in [0.05, 0.1) is 11.2 Å². The van der Waals surface area contributed by atoms with Crippen LogP contribution in [0.5, 0.6) is 0 Å². The van der Waals surface area contributed by atoms with Crippen LogP contribution in [-0.4, -0.2) is 23.8 Å². The Morgan fingerprint density at radius 1 is 1.00 bits per heavy atom. The molecule has 0 aliphatic heterocycles. The zero-order valence-corrected chi connectivity index (χ0v) is 14.4. The van der Waals surface area contributed by atoms with E-state index in [2.05, 4.69) is 0 Å². The molecular weight excluding hydrogens is 310 g/mol. The summed E-state index contributed by atoms with van der Waals surface area (Å²) in [6.45, 7) is 7.16. The SMILES string of the molecule is CC(C)(O)C(C)(C)O[B]c1ccc2c(c1)oc1ccc(Cl)cc12. The highest BCUT2D eigenvalue weighted by Gasteiger charge is 2.35. The van der Waals surface area contributed by atoms with Crippen molar-refractivity contribution in [3.05, 3.63) is 41.4 Å². The van der Waals surface area contributed by atoms with Gasteiger partial charge in [-0.25, -0.2) is 0 Å². The number of furan rings is 1. The summed E-state index contributed by atoms with van der Waals surface area (Å²) < 4.78 is 11.6. The lowest BCUT2D eigenvalue weighted by molar-refractivity contribution is -0.0893. The number of halogens is 1. The molecule has 0 saturated heterocycles. The largest absolute Gasteiger partial charge is 0.456 e. The summed E-state index contributed by atoms with van der Waals surface area (Å²) >= 11 is 6.06. The van der Waals surface area contributed by atoms with E-state index in [-0.39, 0.29) is 0 Å². The molecule has 3 rings (SSSR count). The van der Waals surface area contributed by atoms with Crippen molar-refractivity contribution >= 4 is 46.5 Å². The molecule has 5 heteroatoms. The minimum absolute atomic E-state index is 0.686. The Hall–Kier alpha value is -1.49. The lowest BCUT2D eigenvalue weighted by Crippen LogP contribution is -2.49. The van der Waals surface area contributed by atoms with Crippen molar-refractivity contribution < 1.29 is 14.2 Å². The topological polar surface area (TPSA) is 42.6 Å². The standard InChI is InChI=1S/C18H19BClO3/c1-17(2,21)18(3,4)23-19-11-5-7-13-14-10-12(20)6-8-15(14)22-16(13)9-11/h5-10,21H,1-4H3. The van der Waals surface area contributed by atoms with E-state index in [0.717, 1.165) is 27.4 Å². The second kappa shape index (κ2) is 5.55. The summed E-state index contributed by atoms with van der Waals surface area (Å²) in [5, 5.41) is 12.8. The van der Waals surface area contributed by atoms with Crippen molar-refractivity contribution in [2.45, 2.75) is 38.9 Å². The fourth-order valence-corrected chi connectivity index (χ4v) is 2.37. The lowest BCUT2D eigenvalue weighted by atomic mass is 9.82. The van der Waals surface area contributed by atoms with Gasteiger partial charge in [0.15, 0.2) is 0 Å². The number of hydrogen-bond donors (Lipinski definition) is 1. The first-order valence-corrected chi connectivity index (χ1v) is 7.90. The van der Waals surface area contributed by atoms with Crippen molar-refractivity contribution in [2.75, 3.05) is 0 Å². The first-order chi connectivity index (χ1) is 10.7. The van der Waals surface area contributed by atoms with Gasteiger partial charge in [-0.2, -0.15) is 0 Å². The van der Waals surface area contributed by atoms with Crippen LogP contribution in [0.15, 0.2) is 40.8 Å². The van der Waals surface area contributed by atoms with Crippen LogP contribution in [0.1, 0.15) is 27.7 Å². The predicted molar refractivity (Wildman–Crippen MR) is 95.6 cm³/mol. The number of benzene rings is 2. The van der Waals surface area contributed by atoms with E-state index < -0.39 is 11.2 Å². The van der Waals surface area contributed by atoms with Crippen molar-refractivity contribution in [3.8, 4) is 0 Å². The fraction of sp³-hybridized carbons (Fsp3) is 0.333. The fourth-order valence-electron chi connectivity index (χ4n) is 2.20. The van der Waals surface area contributed by atoms with Crippen molar-refractivity contribution in [2.24, 2.45) is 0 Å². The van der Waals surface area contributed by atoms with Gasteiger partial charge in [-0.15, -0.1) is 0 Å². The zero-order valence-electron chi connectivity index (χ0n) is 13.7. The molecule has 0 spiro atoms. The van der Waals surface area contributed by atoms with Crippen LogP contribution in [0, 0.1) is 0 Å². The van der Waals surface area contributed by atoms with E-state index in [1.807, 2.05) is 50.2 Å². The molecule has 0 amide bonds. The molecule has 1 radical (unpaired) electrons. The molecule has 1 aromatic heterocycles. The molecule has 1 N–H and O–H groups in total. The Morgan fingerprint density at radius 2 is 1.74 bits per heavy atom. The van der Waals surface area contributed by atoms with Gasteiger partial charge in [0.25, 0.3) is 0 Å². The van der Waals surface area contributed by atoms with E-state index in [0.29, 0.717) is 5.02 Å². The average molecular weight is 330 g/mol. The predicted octanol–water partition coefficient (Wildman–Crippen LogP) is 4.05. The van der Waals surface area contributed by atoms with E-state index in [9.17, 15) is 5.11 Å². The van der Waals surface area contributed by atoms with Crippen molar-refractivity contribution in [1.82, 2.24) is 0 Å². The normalized spacial score (nSPS) is 13.0. The second-order valence-corrected chi connectivity index (χ2v) is 7.24. The van der Waals surface area contributed by atoms with Gasteiger partial charge in [-0.3, -0.25) is 0 Å². The highest BCUT2D eigenvalue weighted by atomic mass is 35.5. The summed E-state index contributed by atoms with van der Waals surface area (Å²) in [6, 6.07) is 11.5. The first-order valence-electron chi connectivity index (χ1n) is 7.53. The molecule has 0 fully saturated rings. The molecule has 3 nitrogen and oxygen atoms in total. The summed E-state index contributed by atoms with van der Waals surface area (Å²) in [5.41, 5.74) is 0.799. The van der Waals surface area contributed by atoms with Gasteiger partial charge in [0, 0.05) is 15.8 Å². The number of aliphatic hydroxyl groups is 1. The molecule has 0 atom stereocenters. The third-order valence-electron chi connectivity index (χ3n) is 4.42. The van der Waals surface area contributed by atoms with Crippen LogP contribution in [-0.2, 0) is 4.65 Å². The van der Waals surface area contributed by atoms with E-state index >= 15 is 0 Å². The summed E-state index contributed by atoms with van der Waals surface area (Å²) in [7, 11) is 1.65. The third-order valence-corrected chi connectivity index (χ3v) is 4.66. The highest BCUT2D eigenvalue weighted by molar-refractivity contribution is 6.47. The summed E-state index contributed by atoms with van der Waals surface area (Å²) in [4.78, 5) is 0. The molecule has 23 heavy (non-hydrogen) atoms. The Bertz CT molecular complexity index is 862. The van der Waals surface area contributed by atoms with Gasteiger partial charge in [-0.05, 0) is 57.4 Å². The van der Waals surface area contributed by atoms with Crippen LogP contribution in [0.2, 0.25) is 5.02 Å². The van der Waals surface area contributed by atoms with E-state index in [1.54, 1.807) is 21.3 Å². The maximum Gasteiger partial charge on any atom is 0.331 e. The smallest absolute Gasteiger partial charge is 0.331 e. The van der Waals surface area contributed by atoms with E-state index in [1.165, 1.54) is 0 Å². The third kappa shape index (κ3) is 3.11. The van der Waals surface area contributed by atoms with Crippen LogP contribution in [0.3, 0.4) is 0 Å². The molecule has 0 bridgehead atoms. The molecular formula is C18H19BClO3. The molecule has 0 unspecified atom stereocenters. The van der Waals surface area contributed by atoms with Gasteiger partial charge in [-0.1, -0.05) is 23.7 Å². The summed E-state index contributed by atoms with van der Waals surface area (Å²) in [5.74, 6) is 0.